The standard InChI is InChI=1S/C10H16N4O2.C2H6/c1-11-10-4-8(12-13-10)9(16)6-14-3-2-7(15)5-14;1-2/h4,7,15H,2-3,5-6H2,1H3,(H2,11,12,13);1-2H3. The highest BCUT2D eigenvalue weighted by molar-refractivity contribution is 5.96. The summed E-state index contributed by atoms with van der Waals surface area (Å²) < 4.78 is 0. The smallest absolute Gasteiger partial charge is 0.194 e. The van der Waals surface area contributed by atoms with E-state index in [1.807, 2.05) is 18.7 Å². The van der Waals surface area contributed by atoms with E-state index in [1.54, 1.807) is 13.1 Å². The Labute approximate surface area is 107 Å². The van der Waals surface area contributed by atoms with Crippen LogP contribution in [0.2, 0.25) is 0 Å². The summed E-state index contributed by atoms with van der Waals surface area (Å²) in [5, 5.41) is 18.8. The molecule has 18 heavy (non-hydrogen) atoms. The Balaban J connectivity index is 0.000000771. The van der Waals surface area contributed by atoms with Crippen molar-refractivity contribution in [3.8, 4) is 0 Å². The summed E-state index contributed by atoms with van der Waals surface area (Å²) in [7, 11) is 1.75. The van der Waals surface area contributed by atoms with Crippen LogP contribution < -0.4 is 5.32 Å². The molecule has 1 aliphatic heterocycles. The molecule has 3 N–H and O–H groups in total. The summed E-state index contributed by atoms with van der Waals surface area (Å²) in [4.78, 5) is 13.8. The van der Waals surface area contributed by atoms with Crippen molar-refractivity contribution in [3.05, 3.63) is 11.8 Å². The number of anilines is 1. The number of aromatic nitrogens is 2. The van der Waals surface area contributed by atoms with Gasteiger partial charge in [0.1, 0.15) is 11.5 Å². The summed E-state index contributed by atoms with van der Waals surface area (Å²) in [6, 6.07) is 1.69. The third kappa shape index (κ3) is 3.82. The fourth-order valence-electron chi connectivity index (χ4n) is 1.84. The normalized spacial score (nSPS) is 19.2. The Kier molecular flexibility index (Phi) is 5.80. The predicted molar refractivity (Wildman–Crippen MR) is 70.9 cm³/mol. The van der Waals surface area contributed by atoms with Gasteiger partial charge in [0.05, 0.1) is 12.6 Å². The van der Waals surface area contributed by atoms with Gasteiger partial charge in [0.15, 0.2) is 5.78 Å². The Bertz CT molecular complexity index is 378. The summed E-state index contributed by atoms with van der Waals surface area (Å²) in [6.45, 7) is 5.70. The molecule has 1 aliphatic rings. The average molecular weight is 254 g/mol. The third-order valence-electron chi connectivity index (χ3n) is 2.75. The van der Waals surface area contributed by atoms with E-state index in [1.165, 1.54) is 0 Å². The van der Waals surface area contributed by atoms with E-state index in [9.17, 15) is 9.90 Å². The lowest BCUT2D eigenvalue weighted by Gasteiger charge is -2.12. The van der Waals surface area contributed by atoms with Crippen molar-refractivity contribution in [2.75, 3.05) is 32.0 Å². The molecule has 1 saturated heterocycles. The van der Waals surface area contributed by atoms with Crippen LogP contribution >= 0.6 is 0 Å². The van der Waals surface area contributed by atoms with Crippen LogP contribution in [0.3, 0.4) is 0 Å². The van der Waals surface area contributed by atoms with Crippen LogP contribution in [0, 0.1) is 0 Å². The van der Waals surface area contributed by atoms with E-state index >= 15 is 0 Å². The van der Waals surface area contributed by atoms with Gasteiger partial charge in [-0.1, -0.05) is 13.8 Å². The number of ketones is 1. The molecule has 102 valence electrons. The number of aliphatic hydroxyl groups excluding tert-OH is 1. The van der Waals surface area contributed by atoms with Crippen molar-refractivity contribution in [3.63, 3.8) is 0 Å². The number of hydrogen-bond donors (Lipinski definition) is 3. The SMILES string of the molecule is CC.CNc1cc(C(=O)CN2CCC(O)C2)[nH]n1. The van der Waals surface area contributed by atoms with Crippen LogP contribution in [0.25, 0.3) is 0 Å². The second-order valence-electron chi connectivity index (χ2n) is 4.02. The zero-order chi connectivity index (χ0) is 13.5. The molecule has 0 aromatic carbocycles. The number of carbonyl (C=O) groups is 1. The quantitative estimate of drug-likeness (QED) is 0.690. The van der Waals surface area contributed by atoms with Gasteiger partial charge in [-0.15, -0.1) is 0 Å². The number of Topliss-reactive ketones (excluding diaryl/α,β-unsaturated/α-hetero) is 1. The number of aromatic amines is 1. The van der Waals surface area contributed by atoms with Gasteiger partial charge < -0.3 is 10.4 Å². The number of rotatable bonds is 4. The molecule has 1 unspecified atom stereocenters. The number of H-pyrrole nitrogens is 1. The molecule has 0 bridgehead atoms. The molecule has 1 fully saturated rings. The number of carbonyl (C=O) groups excluding carboxylic acids is 1. The maximum atomic E-state index is 11.8. The Morgan fingerprint density at radius 2 is 2.39 bits per heavy atom. The number of nitrogens with one attached hydrogen (secondary N) is 2. The molecule has 0 amide bonds. The average Bonchev–Trinajstić information content (AvgIpc) is 3.00. The lowest BCUT2D eigenvalue weighted by Crippen LogP contribution is -2.28. The van der Waals surface area contributed by atoms with Gasteiger partial charge in [-0.05, 0) is 6.42 Å². The predicted octanol–water partition coefficient (Wildman–Crippen LogP) is 0.727. The van der Waals surface area contributed by atoms with Crippen molar-refractivity contribution >= 4 is 11.6 Å². The van der Waals surface area contributed by atoms with Gasteiger partial charge in [0.2, 0.25) is 0 Å². The zero-order valence-electron chi connectivity index (χ0n) is 11.2. The van der Waals surface area contributed by atoms with E-state index in [4.69, 9.17) is 0 Å². The van der Waals surface area contributed by atoms with Crippen LogP contribution in [0.1, 0.15) is 30.8 Å². The van der Waals surface area contributed by atoms with Gasteiger partial charge in [-0.3, -0.25) is 14.8 Å². The molecule has 2 rings (SSSR count). The van der Waals surface area contributed by atoms with Crippen LogP contribution in [-0.2, 0) is 0 Å². The molecule has 6 heteroatoms. The first kappa shape index (κ1) is 14.7. The van der Waals surface area contributed by atoms with Crippen LogP contribution in [0.5, 0.6) is 0 Å². The van der Waals surface area contributed by atoms with Gasteiger partial charge in [-0.2, -0.15) is 5.10 Å². The topological polar surface area (TPSA) is 81.3 Å². The van der Waals surface area contributed by atoms with E-state index < -0.39 is 0 Å². The molecule has 2 heterocycles. The maximum Gasteiger partial charge on any atom is 0.194 e. The molecule has 6 nitrogen and oxygen atoms in total. The van der Waals surface area contributed by atoms with Crippen LogP contribution in [0.4, 0.5) is 5.82 Å². The number of hydrogen-bond acceptors (Lipinski definition) is 5. The highest BCUT2D eigenvalue weighted by Gasteiger charge is 2.23. The minimum Gasteiger partial charge on any atom is -0.392 e. The van der Waals surface area contributed by atoms with E-state index in [-0.39, 0.29) is 11.9 Å². The van der Waals surface area contributed by atoms with Crippen LogP contribution in [-0.4, -0.2) is 58.8 Å². The van der Waals surface area contributed by atoms with E-state index in [2.05, 4.69) is 15.5 Å². The van der Waals surface area contributed by atoms with Gasteiger partial charge in [0, 0.05) is 26.2 Å². The number of β-amino-alcohol motifs (C(OH)–C–C–N with tert-alkyl or cyclic N) is 1. The highest BCUT2D eigenvalue weighted by Crippen LogP contribution is 2.11. The number of aliphatic hydroxyl groups is 1. The van der Waals surface area contributed by atoms with E-state index in [0.717, 1.165) is 13.0 Å². The number of likely N-dealkylation sites (tertiary alicyclic amines) is 1. The monoisotopic (exact) mass is 254 g/mol. The Morgan fingerprint density at radius 3 is 2.89 bits per heavy atom. The fraction of sp³-hybridized carbons (Fsp3) is 0.667. The lowest BCUT2D eigenvalue weighted by molar-refractivity contribution is 0.0930. The minimum absolute atomic E-state index is 0.00287. The van der Waals surface area contributed by atoms with Gasteiger partial charge >= 0.3 is 0 Å². The molecule has 0 radical (unpaired) electrons. The summed E-state index contributed by atoms with van der Waals surface area (Å²) in [5.41, 5.74) is 0.505. The van der Waals surface area contributed by atoms with Crippen molar-refractivity contribution in [2.45, 2.75) is 26.4 Å². The maximum absolute atomic E-state index is 11.8. The molecule has 0 spiro atoms. The summed E-state index contributed by atoms with van der Waals surface area (Å²) in [6.07, 6.45) is 0.459. The molecule has 1 atom stereocenters. The first-order valence-corrected chi connectivity index (χ1v) is 6.36. The van der Waals surface area contributed by atoms with Crippen molar-refractivity contribution < 1.29 is 9.90 Å². The second kappa shape index (κ2) is 7.13. The fourth-order valence-corrected chi connectivity index (χ4v) is 1.84. The minimum atomic E-state index is -0.289. The first-order chi connectivity index (χ1) is 8.69. The Hall–Kier alpha value is -1.40. The van der Waals surface area contributed by atoms with Gasteiger partial charge in [0.25, 0.3) is 0 Å². The van der Waals surface area contributed by atoms with Crippen molar-refractivity contribution in [1.82, 2.24) is 15.1 Å². The molecule has 0 aliphatic carbocycles. The molecular formula is C12H22N4O2. The summed E-state index contributed by atoms with van der Waals surface area (Å²) in [5.74, 6) is 0.660. The molecule has 1 aromatic rings. The lowest BCUT2D eigenvalue weighted by atomic mass is 10.2. The second-order valence-corrected chi connectivity index (χ2v) is 4.02. The molecule has 1 aromatic heterocycles. The Morgan fingerprint density at radius 1 is 1.67 bits per heavy atom. The molecular weight excluding hydrogens is 232 g/mol. The van der Waals surface area contributed by atoms with Crippen LogP contribution in [0.15, 0.2) is 6.07 Å². The largest absolute Gasteiger partial charge is 0.392 e. The summed E-state index contributed by atoms with van der Waals surface area (Å²) >= 11 is 0. The zero-order valence-corrected chi connectivity index (χ0v) is 11.2. The first-order valence-electron chi connectivity index (χ1n) is 6.36. The van der Waals surface area contributed by atoms with E-state index in [0.29, 0.717) is 24.6 Å². The highest BCUT2D eigenvalue weighted by atomic mass is 16.3. The third-order valence-corrected chi connectivity index (χ3v) is 2.75. The van der Waals surface area contributed by atoms with Gasteiger partial charge in [-0.25, -0.2) is 0 Å². The van der Waals surface area contributed by atoms with Crippen molar-refractivity contribution in [2.24, 2.45) is 0 Å². The number of nitrogens with zero attached hydrogens (tertiary/aromatic N) is 2. The molecule has 0 saturated carbocycles. The van der Waals surface area contributed by atoms with Crippen molar-refractivity contribution in [1.29, 1.82) is 0 Å².